The van der Waals surface area contributed by atoms with Gasteiger partial charge >= 0.3 is 0 Å². The zero-order valence-electron chi connectivity index (χ0n) is 15.0. The Bertz CT molecular complexity index is 851. The van der Waals surface area contributed by atoms with Crippen molar-refractivity contribution in [3.63, 3.8) is 0 Å². The van der Waals surface area contributed by atoms with E-state index in [-0.39, 0.29) is 11.8 Å². The predicted molar refractivity (Wildman–Crippen MR) is 113 cm³/mol. The molecule has 1 fully saturated rings. The van der Waals surface area contributed by atoms with Crippen molar-refractivity contribution in [2.45, 2.75) is 6.42 Å². The molecule has 0 radical (unpaired) electrons. The van der Waals surface area contributed by atoms with Gasteiger partial charge in [-0.3, -0.25) is 9.59 Å². The Labute approximate surface area is 177 Å². The van der Waals surface area contributed by atoms with E-state index in [1.54, 1.807) is 24.1 Å². The molecule has 2 aromatic rings. The standard InChI is InChI=1S/C20H20ClIN2O3/c1-27-16-4-2-3-14(11-16)12-19(25)23-7-9-24(10-8-23)20(26)17-13-15(21)5-6-18(17)22/h2-6,11,13H,7-10,12H2,1H3. The third-order valence-corrected chi connectivity index (χ3v) is 5.74. The van der Waals surface area contributed by atoms with Crippen molar-refractivity contribution >= 4 is 46.0 Å². The zero-order chi connectivity index (χ0) is 19.4. The second-order valence-corrected chi connectivity index (χ2v) is 7.92. The summed E-state index contributed by atoms with van der Waals surface area (Å²) in [5, 5.41) is 0.547. The Morgan fingerprint density at radius 3 is 2.48 bits per heavy atom. The van der Waals surface area contributed by atoms with Crippen LogP contribution in [0.1, 0.15) is 15.9 Å². The van der Waals surface area contributed by atoms with E-state index in [4.69, 9.17) is 16.3 Å². The van der Waals surface area contributed by atoms with Gasteiger partial charge in [-0.1, -0.05) is 23.7 Å². The topological polar surface area (TPSA) is 49.9 Å². The molecule has 0 atom stereocenters. The second-order valence-electron chi connectivity index (χ2n) is 6.33. The van der Waals surface area contributed by atoms with E-state index in [2.05, 4.69) is 22.6 Å². The molecule has 7 heteroatoms. The Balaban J connectivity index is 1.58. The fourth-order valence-corrected chi connectivity index (χ4v) is 3.80. The van der Waals surface area contributed by atoms with Crippen LogP contribution < -0.4 is 4.74 Å². The van der Waals surface area contributed by atoms with Crippen LogP contribution in [0, 0.1) is 3.57 Å². The van der Waals surface area contributed by atoms with Gasteiger partial charge in [-0.2, -0.15) is 0 Å². The summed E-state index contributed by atoms with van der Waals surface area (Å²) in [5.74, 6) is 0.765. The number of rotatable bonds is 4. The molecule has 0 unspecified atom stereocenters. The molecule has 2 amide bonds. The summed E-state index contributed by atoms with van der Waals surface area (Å²) in [6.45, 7) is 2.11. The second kappa shape index (κ2) is 8.93. The maximum atomic E-state index is 12.8. The quantitative estimate of drug-likeness (QED) is 0.607. The van der Waals surface area contributed by atoms with Crippen molar-refractivity contribution in [1.82, 2.24) is 9.80 Å². The van der Waals surface area contributed by atoms with E-state index in [1.165, 1.54) is 0 Å². The van der Waals surface area contributed by atoms with Gasteiger partial charge in [0.1, 0.15) is 5.75 Å². The van der Waals surface area contributed by atoms with Crippen LogP contribution >= 0.6 is 34.2 Å². The number of methoxy groups -OCH3 is 1. The number of carbonyl (C=O) groups is 2. The molecular formula is C20H20ClIN2O3. The number of carbonyl (C=O) groups excluding carboxylic acids is 2. The molecule has 0 N–H and O–H groups in total. The van der Waals surface area contributed by atoms with Crippen LogP contribution in [-0.4, -0.2) is 54.9 Å². The molecule has 0 bridgehead atoms. The van der Waals surface area contributed by atoms with E-state index < -0.39 is 0 Å². The Kier molecular flexibility index (Phi) is 6.59. The third-order valence-electron chi connectivity index (χ3n) is 4.57. The number of halogens is 2. The van der Waals surface area contributed by atoms with Crippen LogP contribution in [0.4, 0.5) is 0 Å². The van der Waals surface area contributed by atoms with Gasteiger partial charge in [0.2, 0.25) is 5.91 Å². The fraction of sp³-hybridized carbons (Fsp3) is 0.300. The molecule has 0 aromatic heterocycles. The number of ether oxygens (including phenoxy) is 1. The summed E-state index contributed by atoms with van der Waals surface area (Å²) in [6, 6.07) is 12.8. The molecule has 0 saturated carbocycles. The van der Waals surface area contributed by atoms with Gasteiger partial charge in [-0.15, -0.1) is 0 Å². The summed E-state index contributed by atoms with van der Waals surface area (Å²) in [5.41, 5.74) is 1.53. The van der Waals surface area contributed by atoms with Crippen molar-refractivity contribution in [3.05, 3.63) is 62.2 Å². The molecule has 2 aromatic carbocycles. The molecule has 27 heavy (non-hydrogen) atoms. The Hall–Kier alpha value is -1.80. The monoisotopic (exact) mass is 498 g/mol. The van der Waals surface area contributed by atoms with E-state index >= 15 is 0 Å². The van der Waals surface area contributed by atoms with E-state index in [0.29, 0.717) is 43.2 Å². The zero-order valence-corrected chi connectivity index (χ0v) is 17.9. The minimum absolute atomic E-state index is 0.0400. The summed E-state index contributed by atoms with van der Waals surface area (Å²) >= 11 is 8.17. The molecule has 1 aliphatic rings. The Morgan fingerprint density at radius 1 is 1.07 bits per heavy atom. The highest BCUT2D eigenvalue weighted by atomic mass is 127. The Morgan fingerprint density at radius 2 is 1.78 bits per heavy atom. The lowest BCUT2D eigenvalue weighted by molar-refractivity contribution is -0.131. The summed E-state index contributed by atoms with van der Waals surface area (Å²) in [7, 11) is 1.61. The normalized spacial score (nSPS) is 14.2. The number of benzene rings is 2. The lowest BCUT2D eigenvalue weighted by Crippen LogP contribution is -2.51. The molecule has 3 rings (SSSR count). The van der Waals surface area contributed by atoms with Crippen LogP contribution in [0.15, 0.2) is 42.5 Å². The van der Waals surface area contributed by atoms with Crippen LogP contribution in [0.3, 0.4) is 0 Å². The average Bonchev–Trinajstić information content (AvgIpc) is 2.69. The average molecular weight is 499 g/mol. The number of amides is 2. The van der Waals surface area contributed by atoms with E-state index in [9.17, 15) is 9.59 Å². The van der Waals surface area contributed by atoms with E-state index in [0.717, 1.165) is 14.9 Å². The van der Waals surface area contributed by atoms with E-state index in [1.807, 2.05) is 35.2 Å². The summed E-state index contributed by atoms with van der Waals surface area (Å²) in [6.07, 6.45) is 0.331. The highest BCUT2D eigenvalue weighted by Gasteiger charge is 2.26. The first-order valence-corrected chi connectivity index (χ1v) is 10.1. The molecule has 0 aliphatic carbocycles. The van der Waals surface area contributed by atoms with Crippen molar-refractivity contribution in [2.75, 3.05) is 33.3 Å². The van der Waals surface area contributed by atoms with Crippen LogP contribution in [0.25, 0.3) is 0 Å². The molecule has 5 nitrogen and oxygen atoms in total. The smallest absolute Gasteiger partial charge is 0.255 e. The first-order chi connectivity index (χ1) is 13.0. The molecule has 1 aliphatic heterocycles. The third kappa shape index (κ3) is 4.93. The largest absolute Gasteiger partial charge is 0.497 e. The van der Waals surface area contributed by atoms with Gasteiger partial charge in [-0.25, -0.2) is 0 Å². The lowest BCUT2D eigenvalue weighted by atomic mass is 10.1. The predicted octanol–water partition coefficient (Wildman–Crippen LogP) is 3.48. The van der Waals surface area contributed by atoms with Crippen LogP contribution in [0.5, 0.6) is 5.75 Å². The van der Waals surface area contributed by atoms with Crippen molar-refractivity contribution in [2.24, 2.45) is 0 Å². The highest BCUT2D eigenvalue weighted by Crippen LogP contribution is 2.20. The molecule has 1 heterocycles. The first kappa shape index (κ1) is 19.9. The van der Waals surface area contributed by atoms with Crippen molar-refractivity contribution in [1.29, 1.82) is 0 Å². The minimum atomic E-state index is -0.0400. The lowest BCUT2D eigenvalue weighted by Gasteiger charge is -2.35. The summed E-state index contributed by atoms with van der Waals surface area (Å²) < 4.78 is 6.08. The number of nitrogens with zero attached hydrogens (tertiary/aromatic N) is 2. The van der Waals surface area contributed by atoms with Gasteiger partial charge in [0.05, 0.1) is 19.1 Å². The number of piperazine rings is 1. The molecule has 0 spiro atoms. The minimum Gasteiger partial charge on any atom is -0.497 e. The van der Waals surface area contributed by atoms with Crippen molar-refractivity contribution < 1.29 is 14.3 Å². The number of hydrogen-bond acceptors (Lipinski definition) is 3. The highest BCUT2D eigenvalue weighted by molar-refractivity contribution is 14.1. The number of hydrogen-bond donors (Lipinski definition) is 0. The van der Waals surface area contributed by atoms with Gasteiger partial charge < -0.3 is 14.5 Å². The molecule has 1 saturated heterocycles. The van der Waals surface area contributed by atoms with Crippen LogP contribution in [-0.2, 0) is 11.2 Å². The summed E-state index contributed by atoms with van der Waals surface area (Å²) in [4.78, 5) is 28.9. The van der Waals surface area contributed by atoms with Crippen LogP contribution in [0.2, 0.25) is 5.02 Å². The molecule has 142 valence electrons. The molecular weight excluding hydrogens is 479 g/mol. The van der Waals surface area contributed by atoms with Gasteiger partial charge in [-0.05, 0) is 58.5 Å². The maximum Gasteiger partial charge on any atom is 0.255 e. The van der Waals surface area contributed by atoms with Gasteiger partial charge in [0, 0.05) is 34.8 Å². The van der Waals surface area contributed by atoms with Gasteiger partial charge in [0.25, 0.3) is 5.91 Å². The SMILES string of the molecule is COc1cccc(CC(=O)N2CCN(C(=O)c3cc(Cl)ccc3I)CC2)c1. The maximum absolute atomic E-state index is 12.8. The van der Waals surface area contributed by atoms with Crippen molar-refractivity contribution in [3.8, 4) is 5.75 Å². The fourth-order valence-electron chi connectivity index (χ4n) is 3.06. The first-order valence-electron chi connectivity index (χ1n) is 8.63. The van der Waals surface area contributed by atoms with Gasteiger partial charge in [0.15, 0.2) is 0 Å².